The molecule has 8 heteroatoms. The number of thiophene rings is 1. The number of rotatable bonds is 7. The predicted molar refractivity (Wildman–Crippen MR) is 97.6 cm³/mol. The molecule has 0 bridgehead atoms. The van der Waals surface area contributed by atoms with Crippen molar-refractivity contribution in [2.45, 2.75) is 25.6 Å². The third-order valence-electron chi connectivity index (χ3n) is 4.08. The molecule has 140 valence electrons. The van der Waals surface area contributed by atoms with Gasteiger partial charge in [0.1, 0.15) is 12.4 Å². The van der Waals surface area contributed by atoms with E-state index in [1.165, 1.54) is 11.3 Å². The second-order valence-corrected chi connectivity index (χ2v) is 6.97. The van der Waals surface area contributed by atoms with Crippen LogP contribution in [0.2, 0.25) is 0 Å². The first-order valence-electron chi connectivity index (χ1n) is 8.66. The van der Waals surface area contributed by atoms with E-state index in [0.717, 1.165) is 24.3 Å². The summed E-state index contributed by atoms with van der Waals surface area (Å²) in [6.07, 6.45) is 2.25. The molecule has 0 amide bonds. The molecule has 1 aromatic carbocycles. The third kappa shape index (κ3) is 4.53. The minimum absolute atomic E-state index is 0.0749. The zero-order valence-corrected chi connectivity index (χ0v) is 15.3. The Hall–Kier alpha value is -2.71. The van der Waals surface area contributed by atoms with Crippen LogP contribution in [-0.4, -0.2) is 35.5 Å². The molecule has 0 saturated carbocycles. The average Bonchev–Trinajstić information content (AvgIpc) is 3.47. The Morgan fingerprint density at radius 3 is 2.85 bits per heavy atom. The summed E-state index contributed by atoms with van der Waals surface area (Å²) in [4.78, 5) is 13.0. The molecule has 1 fully saturated rings. The Morgan fingerprint density at radius 2 is 2.11 bits per heavy atom. The monoisotopic (exact) mass is 386 g/mol. The Kier molecular flexibility index (Phi) is 5.45. The van der Waals surface area contributed by atoms with Crippen LogP contribution < -0.4 is 4.74 Å². The van der Waals surface area contributed by atoms with Gasteiger partial charge in [-0.3, -0.25) is 0 Å². The fourth-order valence-electron chi connectivity index (χ4n) is 2.67. The molecule has 0 unspecified atom stereocenters. The van der Waals surface area contributed by atoms with Gasteiger partial charge in [-0.15, -0.1) is 21.5 Å². The van der Waals surface area contributed by atoms with Gasteiger partial charge in [-0.1, -0.05) is 6.07 Å². The molecule has 3 heterocycles. The van der Waals surface area contributed by atoms with Crippen LogP contribution in [0.4, 0.5) is 0 Å². The molecule has 2 aromatic heterocycles. The van der Waals surface area contributed by atoms with E-state index in [-0.39, 0.29) is 18.6 Å². The topological polar surface area (TPSA) is 83.7 Å². The van der Waals surface area contributed by atoms with E-state index in [0.29, 0.717) is 23.8 Å². The Labute approximate surface area is 159 Å². The normalized spacial score (nSPS) is 16.4. The van der Waals surface area contributed by atoms with Gasteiger partial charge in [0.05, 0.1) is 16.5 Å². The molecule has 1 saturated heterocycles. The van der Waals surface area contributed by atoms with Crippen molar-refractivity contribution in [1.29, 1.82) is 0 Å². The summed E-state index contributed by atoms with van der Waals surface area (Å²) in [6, 6.07) is 10.6. The number of hydrogen-bond acceptors (Lipinski definition) is 8. The first-order chi connectivity index (χ1) is 13.3. The van der Waals surface area contributed by atoms with Gasteiger partial charge in [0.25, 0.3) is 11.8 Å². The Bertz CT molecular complexity index is 870. The van der Waals surface area contributed by atoms with Crippen molar-refractivity contribution in [1.82, 2.24) is 10.2 Å². The first kappa shape index (κ1) is 17.7. The quantitative estimate of drug-likeness (QED) is 0.572. The van der Waals surface area contributed by atoms with Gasteiger partial charge in [-0.2, -0.15) is 0 Å². The van der Waals surface area contributed by atoms with E-state index in [4.69, 9.17) is 18.6 Å². The van der Waals surface area contributed by atoms with Crippen molar-refractivity contribution < 1.29 is 23.4 Å². The summed E-state index contributed by atoms with van der Waals surface area (Å²) in [5.74, 6) is 0.906. The number of aromatic nitrogens is 2. The van der Waals surface area contributed by atoms with E-state index in [1.807, 2.05) is 17.5 Å². The van der Waals surface area contributed by atoms with Crippen molar-refractivity contribution >= 4 is 17.3 Å². The molecule has 27 heavy (non-hydrogen) atoms. The molecule has 4 rings (SSSR count). The van der Waals surface area contributed by atoms with Crippen LogP contribution in [-0.2, 0) is 16.1 Å². The summed E-state index contributed by atoms with van der Waals surface area (Å²) < 4.78 is 21.9. The number of carbonyl (C=O) groups excluding carboxylic acids is 1. The number of ether oxygens (including phenoxy) is 3. The second-order valence-electron chi connectivity index (χ2n) is 6.02. The summed E-state index contributed by atoms with van der Waals surface area (Å²) in [5.41, 5.74) is 0.428. The number of hydrogen-bond donors (Lipinski definition) is 0. The third-order valence-corrected chi connectivity index (χ3v) is 4.93. The molecule has 0 radical (unpaired) electrons. The van der Waals surface area contributed by atoms with E-state index in [9.17, 15) is 4.79 Å². The van der Waals surface area contributed by atoms with Crippen molar-refractivity contribution in [2.24, 2.45) is 0 Å². The molecule has 1 aliphatic heterocycles. The minimum Gasteiger partial charge on any atom is -0.491 e. The number of nitrogens with zero attached hydrogens (tertiary/aromatic N) is 2. The summed E-state index contributed by atoms with van der Waals surface area (Å²) >= 11 is 1.50. The van der Waals surface area contributed by atoms with Crippen LogP contribution in [0.5, 0.6) is 5.75 Å². The summed E-state index contributed by atoms with van der Waals surface area (Å²) in [7, 11) is 0. The Morgan fingerprint density at radius 1 is 1.22 bits per heavy atom. The maximum Gasteiger partial charge on any atom is 0.338 e. The largest absolute Gasteiger partial charge is 0.491 e. The lowest BCUT2D eigenvalue weighted by Gasteiger charge is -2.11. The number of carbonyl (C=O) groups is 1. The lowest BCUT2D eigenvalue weighted by molar-refractivity contribution is 0.0438. The van der Waals surface area contributed by atoms with E-state index in [1.54, 1.807) is 24.3 Å². The second kappa shape index (κ2) is 8.32. The highest BCUT2D eigenvalue weighted by atomic mass is 32.1. The van der Waals surface area contributed by atoms with Gasteiger partial charge in [-0.25, -0.2) is 4.79 Å². The fourth-order valence-corrected chi connectivity index (χ4v) is 3.32. The van der Waals surface area contributed by atoms with E-state index < -0.39 is 5.97 Å². The van der Waals surface area contributed by atoms with Crippen LogP contribution in [0.1, 0.15) is 29.1 Å². The number of esters is 1. The zero-order chi connectivity index (χ0) is 18.5. The lowest BCUT2D eigenvalue weighted by atomic mass is 10.2. The fraction of sp³-hybridized carbons (Fsp3) is 0.316. The highest BCUT2D eigenvalue weighted by molar-refractivity contribution is 7.13. The Balaban J connectivity index is 1.28. The highest BCUT2D eigenvalue weighted by Crippen LogP contribution is 2.23. The van der Waals surface area contributed by atoms with Gasteiger partial charge in [0.15, 0.2) is 6.61 Å². The average molecular weight is 386 g/mol. The lowest BCUT2D eigenvalue weighted by Crippen LogP contribution is -2.16. The predicted octanol–water partition coefficient (Wildman–Crippen LogP) is 3.71. The van der Waals surface area contributed by atoms with Gasteiger partial charge in [-0.05, 0) is 48.6 Å². The van der Waals surface area contributed by atoms with Crippen LogP contribution in [0, 0.1) is 0 Å². The SMILES string of the molecule is O=C(OCc1nnc(-c2cccs2)o1)c1ccc(OC[C@@H]2CCCO2)cc1. The van der Waals surface area contributed by atoms with Crippen molar-refractivity contribution in [2.75, 3.05) is 13.2 Å². The first-order valence-corrected chi connectivity index (χ1v) is 9.54. The summed E-state index contributed by atoms with van der Waals surface area (Å²) in [5, 5.41) is 9.77. The van der Waals surface area contributed by atoms with Crippen molar-refractivity contribution in [3.05, 3.63) is 53.2 Å². The molecule has 1 atom stereocenters. The summed E-state index contributed by atoms with van der Waals surface area (Å²) in [6.45, 7) is 1.25. The van der Waals surface area contributed by atoms with Gasteiger partial charge in [0.2, 0.25) is 0 Å². The number of benzene rings is 1. The molecular weight excluding hydrogens is 368 g/mol. The standard InChI is InChI=1S/C19H18N2O5S/c22-19(25-12-17-20-21-18(26-17)16-4-2-10-27-16)13-5-7-14(8-6-13)24-11-15-3-1-9-23-15/h2,4-8,10,15H,1,3,9,11-12H2/t15-/m0/s1. The van der Waals surface area contributed by atoms with Crippen LogP contribution >= 0.6 is 11.3 Å². The minimum atomic E-state index is -0.462. The van der Waals surface area contributed by atoms with E-state index >= 15 is 0 Å². The van der Waals surface area contributed by atoms with Crippen LogP contribution in [0.3, 0.4) is 0 Å². The molecule has 0 spiro atoms. The van der Waals surface area contributed by atoms with Gasteiger partial charge >= 0.3 is 5.97 Å². The maximum absolute atomic E-state index is 12.2. The molecule has 1 aliphatic rings. The van der Waals surface area contributed by atoms with E-state index in [2.05, 4.69) is 10.2 Å². The molecule has 3 aromatic rings. The van der Waals surface area contributed by atoms with Crippen molar-refractivity contribution in [3.8, 4) is 16.5 Å². The zero-order valence-electron chi connectivity index (χ0n) is 14.5. The highest BCUT2D eigenvalue weighted by Gasteiger charge is 2.16. The molecular formula is C19H18N2O5S. The molecule has 0 aliphatic carbocycles. The van der Waals surface area contributed by atoms with Crippen molar-refractivity contribution in [3.63, 3.8) is 0 Å². The van der Waals surface area contributed by atoms with Crippen LogP contribution in [0.15, 0.2) is 46.2 Å². The van der Waals surface area contributed by atoms with Crippen LogP contribution in [0.25, 0.3) is 10.8 Å². The van der Waals surface area contributed by atoms with Gasteiger partial charge < -0.3 is 18.6 Å². The van der Waals surface area contributed by atoms with Gasteiger partial charge in [0, 0.05) is 6.61 Å². The molecule has 7 nitrogen and oxygen atoms in total. The smallest absolute Gasteiger partial charge is 0.338 e. The molecule has 0 N–H and O–H groups in total. The maximum atomic E-state index is 12.2.